The average Bonchev–Trinajstić information content (AvgIpc) is 2.43. The highest BCUT2D eigenvalue weighted by molar-refractivity contribution is 6.07. The highest BCUT2D eigenvalue weighted by Crippen LogP contribution is 2.26. The second kappa shape index (κ2) is 5.87. The van der Waals surface area contributed by atoms with Crippen LogP contribution in [0.4, 0.5) is 5.69 Å². The lowest BCUT2D eigenvalue weighted by Gasteiger charge is -2.14. The molecule has 4 heteroatoms. The van der Waals surface area contributed by atoms with Crippen molar-refractivity contribution >= 4 is 11.6 Å². The topological polar surface area (TPSA) is 58.6 Å². The van der Waals surface area contributed by atoms with Gasteiger partial charge in [0.25, 0.3) is 5.91 Å². The number of aromatic hydroxyl groups is 1. The van der Waals surface area contributed by atoms with Gasteiger partial charge in [0.15, 0.2) is 0 Å². The molecule has 0 saturated carbocycles. The van der Waals surface area contributed by atoms with Crippen LogP contribution in [0.5, 0.6) is 11.5 Å². The van der Waals surface area contributed by atoms with Crippen molar-refractivity contribution in [2.75, 3.05) is 12.4 Å². The number of phenols is 1. The second-order valence-electron chi connectivity index (χ2n) is 5.11. The minimum absolute atomic E-state index is 0.0734. The Balaban J connectivity index is 2.35. The Morgan fingerprint density at radius 1 is 1.10 bits per heavy atom. The number of anilines is 1. The molecule has 0 aliphatic heterocycles. The molecule has 2 aromatic rings. The fourth-order valence-electron chi connectivity index (χ4n) is 2.38. The molecule has 0 atom stereocenters. The van der Waals surface area contributed by atoms with Crippen LogP contribution in [0.1, 0.15) is 27.0 Å². The smallest absolute Gasteiger partial charge is 0.259 e. The van der Waals surface area contributed by atoms with E-state index in [0.717, 1.165) is 22.4 Å². The van der Waals surface area contributed by atoms with Gasteiger partial charge in [0.05, 0.1) is 12.7 Å². The molecule has 2 rings (SSSR count). The molecule has 0 saturated heterocycles. The van der Waals surface area contributed by atoms with Crippen LogP contribution in [0.3, 0.4) is 0 Å². The SMILES string of the molecule is COc1ccc(O)c(C(=O)Nc2c(C)cc(C)cc2C)c1. The summed E-state index contributed by atoms with van der Waals surface area (Å²) >= 11 is 0. The third-order valence-electron chi connectivity index (χ3n) is 3.36. The highest BCUT2D eigenvalue weighted by Gasteiger charge is 2.15. The number of hydrogen-bond donors (Lipinski definition) is 2. The van der Waals surface area contributed by atoms with Crippen LogP contribution in [-0.4, -0.2) is 18.1 Å². The van der Waals surface area contributed by atoms with Gasteiger partial charge < -0.3 is 15.2 Å². The summed E-state index contributed by atoms with van der Waals surface area (Å²) in [6.45, 7) is 5.90. The van der Waals surface area contributed by atoms with Gasteiger partial charge in [0.1, 0.15) is 11.5 Å². The van der Waals surface area contributed by atoms with E-state index in [0.29, 0.717) is 5.75 Å². The maximum atomic E-state index is 12.4. The number of methoxy groups -OCH3 is 1. The third-order valence-corrected chi connectivity index (χ3v) is 3.36. The number of aryl methyl sites for hydroxylation is 3. The number of carbonyl (C=O) groups is 1. The van der Waals surface area contributed by atoms with E-state index in [2.05, 4.69) is 5.32 Å². The lowest BCUT2D eigenvalue weighted by molar-refractivity contribution is 0.102. The first-order valence-corrected chi connectivity index (χ1v) is 6.68. The summed E-state index contributed by atoms with van der Waals surface area (Å²) in [7, 11) is 1.52. The Bertz CT molecular complexity index is 669. The molecule has 0 radical (unpaired) electrons. The Kier molecular flexibility index (Phi) is 4.17. The van der Waals surface area contributed by atoms with Gasteiger partial charge in [0.2, 0.25) is 0 Å². The Labute approximate surface area is 124 Å². The lowest BCUT2D eigenvalue weighted by Crippen LogP contribution is -2.14. The summed E-state index contributed by atoms with van der Waals surface area (Å²) in [4.78, 5) is 12.4. The fourth-order valence-corrected chi connectivity index (χ4v) is 2.38. The van der Waals surface area contributed by atoms with Crippen molar-refractivity contribution in [2.45, 2.75) is 20.8 Å². The van der Waals surface area contributed by atoms with Gasteiger partial charge in [-0.25, -0.2) is 0 Å². The summed E-state index contributed by atoms with van der Waals surface area (Å²) in [5.41, 5.74) is 4.08. The van der Waals surface area contributed by atoms with Crippen molar-refractivity contribution in [3.05, 3.63) is 52.6 Å². The molecular formula is C17H19NO3. The van der Waals surface area contributed by atoms with E-state index in [1.54, 1.807) is 6.07 Å². The maximum absolute atomic E-state index is 12.4. The molecule has 2 aromatic carbocycles. The van der Waals surface area contributed by atoms with Gasteiger partial charge >= 0.3 is 0 Å². The standard InChI is InChI=1S/C17H19NO3/c1-10-7-11(2)16(12(3)8-10)18-17(20)14-9-13(21-4)5-6-15(14)19/h5-9,19H,1-4H3,(H,18,20). The van der Waals surface area contributed by atoms with E-state index in [1.807, 2.05) is 32.9 Å². The van der Waals surface area contributed by atoms with Crippen molar-refractivity contribution in [2.24, 2.45) is 0 Å². The lowest BCUT2D eigenvalue weighted by atomic mass is 10.0. The van der Waals surface area contributed by atoms with E-state index in [1.165, 1.54) is 19.2 Å². The van der Waals surface area contributed by atoms with Crippen LogP contribution in [-0.2, 0) is 0 Å². The quantitative estimate of drug-likeness (QED) is 0.906. The van der Waals surface area contributed by atoms with Gasteiger partial charge in [-0.3, -0.25) is 4.79 Å². The number of ether oxygens (including phenoxy) is 1. The van der Waals surface area contributed by atoms with Gasteiger partial charge in [0, 0.05) is 5.69 Å². The Hall–Kier alpha value is -2.49. The molecule has 1 amide bonds. The number of phenolic OH excluding ortho intramolecular Hbond substituents is 1. The molecule has 21 heavy (non-hydrogen) atoms. The Morgan fingerprint density at radius 2 is 1.71 bits per heavy atom. The number of nitrogens with one attached hydrogen (secondary N) is 1. The van der Waals surface area contributed by atoms with E-state index >= 15 is 0 Å². The number of carbonyl (C=O) groups excluding carboxylic acids is 1. The van der Waals surface area contributed by atoms with Crippen molar-refractivity contribution in [1.82, 2.24) is 0 Å². The third kappa shape index (κ3) is 3.16. The van der Waals surface area contributed by atoms with Gasteiger partial charge in [-0.15, -0.1) is 0 Å². The van der Waals surface area contributed by atoms with Crippen LogP contribution >= 0.6 is 0 Å². The summed E-state index contributed by atoms with van der Waals surface area (Å²) in [5, 5.41) is 12.7. The van der Waals surface area contributed by atoms with E-state index < -0.39 is 0 Å². The van der Waals surface area contributed by atoms with Crippen LogP contribution in [0.25, 0.3) is 0 Å². The molecule has 110 valence electrons. The minimum atomic E-state index is -0.360. The zero-order valence-electron chi connectivity index (χ0n) is 12.7. The molecule has 2 N–H and O–H groups in total. The molecule has 0 fully saturated rings. The fraction of sp³-hybridized carbons (Fsp3) is 0.235. The molecule has 0 spiro atoms. The predicted molar refractivity (Wildman–Crippen MR) is 83.3 cm³/mol. The molecule has 0 unspecified atom stereocenters. The van der Waals surface area contributed by atoms with E-state index in [-0.39, 0.29) is 17.2 Å². The van der Waals surface area contributed by atoms with Crippen molar-refractivity contribution in [3.63, 3.8) is 0 Å². The molecular weight excluding hydrogens is 266 g/mol. The normalized spacial score (nSPS) is 10.3. The number of benzene rings is 2. The highest BCUT2D eigenvalue weighted by atomic mass is 16.5. The molecule has 0 aromatic heterocycles. The van der Waals surface area contributed by atoms with Crippen LogP contribution in [0, 0.1) is 20.8 Å². The molecule has 0 aliphatic rings. The summed E-state index contributed by atoms with van der Waals surface area (Å²) < 4.78 is 5.08. The minimum Gasteiger partial charge on any atom is -0.507 e. The number of rotatable bonds is 3. The summed E-state index contributed by atoms with van der Waals surface area (Å²) in [6.07, 6.45) is 0. The zero-order valence-corrected chi connectivity index (χ0v) is 12.7. The second-order valence-corrected chi connectivity index (χ2v) is 5.11. The zero-order chi connectivity index (χ0) is 15.6. The largest absolute Gasteiger partial charge is 0.507 e. The summed E-state index contributed by atoms with van der Waals surface area (Å²) in [5.74, 6) is 0.0903. The van der Waals surface area contributed by atoms with Crippen molar-refractivity contribution in [3.8, 4) is 11.5 Å². The van der Waals surface area contributed by atoms with E-state index in [9.17, 15) is 9.90 Å². The summed E-state index contributed by atoms with van der Waals surface area (Å²) in [6, 6.07) is 8.59. The van der Waals surface area contributed by atoms with E-state index in [4.69, 9.17) is 4.74 Å². The first-order valence-electron chi connectivity index (χ1n) is 6.68. The average molecular weight is 285 g/mol. The van der Waals surface area contributed by atoms with Gasteiger partial charge in [-0.1, -0.05) is 17.7 Å². The van der Waals surface area contributed by atoms with Crippen LogP contribution in [0.15, 0.2) is 30.3 Å². The van der Waals surface area contributed by atoms with Crippen molar-refractivity contribution in [1.29, 1.82) is 0 Å². The molecule has 0 heterocycles. The van der Waals surface area contributed by atoms with Gasteiger partial charge in [-0.2, -0.15) is 0 Å². The first kappa shape index (κ1) is 14.9. The molecule has 4 nitrogen and oxygen atoms in total. The van der Waals surface area contributed by atoms with Crippen LogP contribution in [0.2, 0.25) is 0 Å². The number of amides is 1. The monoisotopic (exact) mass is 285 g/mol. The first-order chi connectivity index (χ1) is 9.92. The maximum Gasteiger partial charge on any atom is 0.259 e. The predicted octanol–water partition coefficient (Wildman–Crippen LogP) is 3.58. The Morgan fingerprint density at radius 3 is 2.29 bits per heavy atom. The van der Waals surface area contributed by atoms with Gasteiger partial charge in [-0.05, 0) is 50.1 Å². The van der Waals surface area contributed by atoms with Crippen LogP contribution < -0.4 is 10.1 Å². The molecule has 0 bridgehead atoms. The number of hydrogen-bond acceptors (Lipinski definition) is 3. The molecule has 0 aliphatic carbocycles. The van der Waals surface area contributed by atoms with Crippen molar-refractivity contribution < 1.29 is 14.6 Å².